The second kappa shape index (κ2) is 24.5. The van der Waals surface area contributed by atoms with Crippen LogP contribution < -0.4 is 10.6 Å². The van der Waals surface area contributed by atoms with Crippen molar-refractivity contribution < 1.29 is 9.59 Å². The number of hydrogen-bond donors (Lipinski definition) is 2. The SMILES string of the molecule is CCCCCCCCCCCCNC(=O)[C@H](Cc1ccccc1)NC(=O)CCCCCCCCCCC. The first kappa shape index (κ1) is 33.2. The number of carbonyl (C=O) groups is 2. The van der Waals surface area contributed by atoms with Gasteiger partial charge in [0.1, 0.15) is 6.04 Å². The van der Waals surface area contributed by atoms with Gasteiger partial charge in [0.2, 0.25) is 11.8 Å². The van der Waals surface area contributed by atoms with Gasteiger partial charge >= 0.3 is 0 Å². The average Bonchev–Trinajstić information content (AvgIpc) is 2.91. The molecule has 2 amide bonds. The molecular formula is C33H58N2O2. The first-order valence-corrected chi connectivity index (χ1v) is 15.8. The summed E-state index contributed by atoms with van der Waals surface area (Å²) in [6.45, 7) is 5.20. The fourth-order valence-corrected chi connectivity index (χ4v) is 4.87. The van der Waals surface area contributed by atoms with E-state index in [4.69, 9.17) is 0 Å². The minimum atomic E-state index is -0.503. The predicted octanol–water partition coefficient (Wildman–Crippen LogP) is 8.67. The molecule has 0 spiro atoms. The van der Waals surface area contributed by atoms with Crippen molar-refractivity contribution in [2.75, 3.05) is 6.54 Å². The highest BCUT2D eigenvalue weighted by Gasteiger charge is 2.20. The van der Waals surface area contributed by atoms with Gasteiger partial charge in [-0.3, -0.25) is 9.59 Å². The number of rotatable bonds is 25. The van der Waals surface area contributed by atoms with Crippen LogP contribution in [0.1, 0.15) is 148 Å². The minimum Gasteiger partial charge on any atom is -0.354 e. The largest absolute Gasteiger partial charge is 0.354 e. The lowest BCUT2D eigenvalue weighted by Crippen LogP contribution is -2.48. The first-order chi connectivity index (χ1) is 18.2. The van der Waals surface area contributed by atoms with Gasteiger partial charge in [0.05, 0.1) is 0 Å². The maximum Gasteiger partial charge on any atom is 0.242 e. The number of hydrogen-bond acceptors (Lipinski definition) is 2. The molecule has 0 heterocycles. The van der Waals surface area contributed by atoms with E-state index < -0.39 is 6.04 Å². The number of amides is 2. The molecule has 0 aromatic heterocycles. The Kier molecular flexibility index (Phi) is 22.0. The van der Waals surface area contributed by atoms with Crippen LogP contribution in [0.3, 0.4) is 0 Å². The van der Waals surface area contributed by atoms with Gasteiger partial charge in [-0.05, 0) is 18.4 Å². The average molecular weight is 515 g/mol. The van der Waals surface area contributed by atoms with Crippen molar-refractivity contribution in [2.24, 2.45) is 0 Å². The van der Waals surface area contributed by atoms with E-state index in [0.29, 0.717) is 19.4 Å². The van der Waals surface area contributed by atoms with Crippen LogP contribution in [0, 0.1) is 0 Å². The van der Waals surface area contributed by atoms with Gasteiger partial charge in [-0.2, -0.15) is 0 Å². The molecule has 1 atom stereocenters. The van der Waals surface area contributed by atoms with Crippen molar-refractivity contribution in [3.8, 4) is 0 Å². The highest BCUT2D eigenvalue weighted by atomic mass is 16.2. The lowest BCUT2D eigenvalue weighted by Gasteiger charge is -2.19. The maximum absolute atomic E-state index is 12.9. The molecule has 4 heteroatoms. The van der Waals surface area contributed by atoms with Gasteiger partial charge in [-0.15, -0.1) is 0 Å². The molecule has 0 saturated carbocycles. The molecule has 2 N–H and O–H groups in total. The van der Waals surface area contributed by atoms with E-state index in [1.807, 2.05) is 30.3 Å². The quantitative estimate of drug-likeness (QED) is 0.128. The Morgan fingerprint density at radius 2 is 1.08 bits per heavy atom. The molecule has 0 radical (unpaired) electrons. The summed E-state index contributed by atoms with van der Waals surface area (Å²) in [5, 5.41) is 6.11. The van der Waals surface area contributed by atoms with E-state index in [0.717, 1.165) is 31.2 Å². The summed E-state index contributed by atoms with van der Waals surface area (Å²) in [6, 6.07) is 9.49. The molecule has 0 fully saturated rings. The second-order valence-corrected chi connectivity index (χ2v) is 10.9. The highest BCUT2D eigenvalue weighted by molar-refractivity contribution is 5.87. The van der Waals surface area contributed by atoms with E-state index in [9.17, 15) is 9.59 Å². The van der Waals surface area contributed by atoms with E-state index in [1.54, 1.807) is 0 Å². The van der Waals surface area contributed by atoms with Crippen molar-refractivity contribution in [1.29, 1.82) is 0 Å². The molecule has 0 unspecified atom stereocenters. The Balaban J connectivity index is 2.26. The maximum atomic E-state index is 12.9. The summed E-state index contributed by atoms with van der Waals surface area (Å²) in [4.78, 5) is 25.6. The van der Waals surface area contributed by atoms with E-state index in [-0.39, 0.29) is 11.8 Å². The summed E-state index contributed by atoms with van der Waals surface area (Å²) in [5.74, 6) is -0.0572. The molecule has 1 aromatic carbocycles. The molecule has 0 aliphatic carbocycles. The summed E-state index contributed by atoms with van der Waals surface area (Å²) in [6.07, 6.45) is 25.0. The molecule has 0 bridgehead atoms. The van der Waals surface area contributed by atoms with Crippen LogP contribution in [0.2, 0.25) is 0 Å². The topological polar surface area (TPSA) is 58.2 Å². The molecule has 37 heavy (non-hydrogen) atoms. The van der Waals surface area contributed by atoms with Gasteiger partial charge < -0.3 is 10.6 Å². The van der Waals surface area contributed by atoms with Crippen molar-refractivity contribution in [2.45, 2.75) is 155 Å². The van der Waals surface area contributed by atoms with Crippen LogP contribution in [0.4, 0.5) is 0 Å². The summed E-state index contributed by atoms with van der Waals surface area (Å²) in [5.41, 5.74) is 1.07. The summed E-state index contributed by atoms with van der Waals surface area (Å²) < 4.78 is 0. The molecule has 212 valence electrons. The third kappa shape index (κ3) is 19.9. The zero-order valence-corrected chi connectivity index (χ0v) is 24.3. The van der Waals surface area contributed by atoms with Crippen molar-refractivity contribution in [3.05, 3.63) is 35.9 Å². The standard InChI is InChI=1S/C33H58N2O2/c1-3-5-7-9-11-13-15-17-19-24-28-34-33(37)31(29-30-25-21-20-22-26-30)35-32(36)27-23-18-16-14-12-10-8-6-4-2/h20-22,25-26,31H,3-19,23-24,27-29H2,1-2H3,(H,34,37)(H,35,36)/t31-/m0/s1. The van der Waals surface area contributed by atoms with Crippen molar-refractivity contribution in [3.63, 3.8) is 0 Å². The Labute approximate surface area is 229 Å². The van der Waals surface area contributed by atoms with Crippen LogP contribution in [0.15, 0.2) is 30.3 Å². The third-order valence-corrected chi connectivity index (χ3v) is 7.27. The molecule has 1 rings (SSSR count). The number of benzene rings is 1. The molecule has 0 aliphatic rings. The molecule has 4 nitrogen and oxygen atoms in total. The van der Waals surface area contributed by atoms with Gasteiger partial charge in [-0.25, -0.2) is 0 Å². The predicted molar refractivity (Wildman–Crippen MR) is 159 cm³/mol. The molecule has 0 saturated heterocycles. The Hall–Kier alpha value is -1.84. The lowest BCUT2D eigenvalue weighted by molar-refractivity contribution is -0.129. The second-order valence-electron chi connectivity index (χ2n) is 10.9. The molecular weight excluding hydrogens is 456 g/mol. The Bertz CT molecular complexity index is 662. The van der Waals surface area contributed by atoms with E-state index in [2.05, 4.69) is 24.5 Å². The first-order valence-electron chi connectivity index (χ1n) is 15.8. The third-order valence-electron chi connectivity index (χ3n) is 7.27. The highest BCUT2D eigenvalue weighted by Crippen LogP contribution is 2.12. The minimum absolute atomic E-state index is 0.00189. The summed E-state index contributed by atoms with van der Waals surface area (Å²) >= 11 is 0. The van der Waals surface area contributed by atoms with Crippen LogP contribution >= 0.6 is 0 Å². The van der Waals surface area contributed by atoms with Crippen molar-refractivity contribution >= 4 is 11.8 Å². The Morgan fingerprint density at radius 3 is 1.59 bits per heavy atom. The zero-order valence-electron chi connectivity index (χ0n) is 24.3. The smallest absolute Gasteiger partial charge is 0.242 e. The fourth-order valence-electron chi connectivity index (χ4n) is 4.87. The fraction of sp³-hybridized carbons (Fsp3) is 0.758. The zero-order chi connectivity index (χ0) is 26.8. The monoisotopic (exact) mass is 514 g/mol. The summed E-state index contributed by atoms with van der Waals surface area (Å²) in [7, 11) is 0. The van der Waals surface area contributed by atoms with E-state index >= 15 is 0 Å². The van der Waals surface area contributed by atoms with E-state index in [1.165, 1.54) is 96.3 Å². The van der Waals surface area contributed by atoms with Gasteiger partial charge in [0, 0.05) is 19.4 Å². The molecule has 1 aromatic rings. The number of carbonyl (C=O) groups excluding carboxylic acids is 2. The van der Waals surface area contributed by atoms with Crippen LogP contribution in [-0.2, 0) is 16.0 Å². The number of nitrogens with one attached hydrogen (secondary N) is 2. The van der Waals surface area contributed by atoms with Crippen LogP contribution in [0.5, 0.6) is 0 Å². The normalized spacial score (nSPS) is 11.8. The Morgan fingerprint density at radius 1 is 0.622 bits per heavy atom. The van der Waals surface area contributed by atoms with Crippen LogP contribution in [0.25, 0.3) is 0 Å². The molecule has 0 aliphatic heterocycles. The lowest BCUT2D eigenvalue weighted by atomic mass is 10.0. The van der Waals surface area contributed by atoms with Gasteiger partial charge in [0.25, 0.3) is 0 Å². The van der Waals surface area contributed by atoms with Crippen LogP contribution in [-0.4, -0.2) is 24.4 Å². The van der Waals surface area contributed by atoms with Gasteiger partial charge in [-0.1, -0.05) is 153 Å². The van der Waals surface area contributed by atoms with Crippen molar-refractivity contribution in [1.82, 2.24) is 10.6 Å². The van der Waals surface area contributed by atoms with Gasteiger partial charge in [0.15, 0.2) is 0 Å². The number of unbranched alkanes of at least 4 members (excludes halogenated alkanes) is 17.